The highest BCUT2D eigenvalue weighted by molar-refractivity contribution is 9.09. The maximum atomic E-state index is 11.9. The van der Waals surface area contributed by atoms with Crippen LogP contribution in [0, 0.1) is 0 Å². The molecule has 0 saturated carbocycles. The number of hydrogen-bond acceptors (Lipinski definition) is 3. The van der Waals surface area contributed by atoms with Gasteiger partial charge in [-0.15, -0.1) is 11.3 Å². The summed E-state index contributed by atoms with van der Waals surface area (Å²) in [6, 6.07) is 10.7. The Morgan fingerprint density at radius 1 is 1.10 bits per heavy atom. The van der Waals surface area contributed by atoms with E-state index < -0.39 is 0 Å². The van der Waals surface area contributed by atoms with Gasteiger partial charge in [0.2, 0.25) is 5.91 Å². The van der Waals surface area contributed by atoms with Crippen LogP contribution in [-0.2, 0) is 4.79 Å². The number of thiophene rings is 1. The summed E-state index contributed by atoms with van der Waals surface area (Å²) in [6.07, 6.45) is 0.409. The third-order valence-electron chi connectivity index (χ3n) is 2.47. The monoisotopic (exact) mass is 352 g/mol. The largest absolute Gasteiger partial charge is 0.326 e. The minimum absolute atomic E-state index is 0.0661. The van der Waals surface area contributed by atoms with Crippen LogP contribution in [0.5, 0.6) is 0 Å². The van der Waals surface area contributed by atoms with Gasteiger partial charge in [-0.05, 0) is 29.6 Å². The Bertz CT molecular complexity index is 599. The number of carbonyl (C=O) groups excluding carboxylic acids is 2. The first kappa shape index (κ1) is 14.7. The number of benzene rings is 1. The predicted octanol–water partition coefficient (Wildman–Crippen LogP) is 3.72. The minimum atomic E-state index is -0.149. The van der Waals surface area contributed by atoms with E-state index in [4.69, 9.17) is 0 Å². The van der Waals surface area contributed by atoms with Crippen molar-refractivity contribution in [3.05, 3.63) is 46.7 Å². The van der Waals surface area contributed by atoms with Crippen molar-refractivity contribution in [1.29, 1.82) is 0 Å². The van der Waals surface area contributed by atoms with Gasteiger partial charge in [0.05, 0.1) is 4.88 Å². The summed E-state index contributed by atoms with van der Waals surface area (Å²) in [7, 11) is 0. The van der Waals surface area contributed by atoms with Crippen LogP contribution < -0.4 is 10.6 Å². The molecule has 1 heterocycles. The molecule has 0 spiro atoms. The molecule has 1 aromatic carbocycles. The molecule has 0 unspecified atom stereocenters. The third-order valence-corrected chi connectivity index (χ3v) is 3.74. The van der Waals surface area contributed by atoms with Crippen molar-refractivity contribution in [1.82, 2.24) is 0 Å². The highest BCUT2D eigenvalue weighted by Crippen LogP contribution is 2.17. The maximum absolute atomic E-state index is 11.9. The number of amides is 2. The zero-order valence-electron chi connectivity index (χ0n) is 10.6. The van der Waals surface area contributed by atoms with Gasteiger partial charge in [0.1, 0.15) is 0 Å². The van der Waals surface area contributed by atoms with Gasteiger partial charge in [-0.1, -0.05) is 28.1 Å². The number of nitrogens with one attached hydrogen (secondary N) is 2. The molecule has 0 atom stereocenters. The molecule has 6 heteroatoms. The molecule has 0 aliphatic heterocycles. The van der Waals surface area contributed by atoms with Crippen molar-refractivity contribution in [2.24, 2.45) is 0 Å². The number of anilines is 2. The van der Waals surface area contributed by atoms with Crippen molar-refractivity contribution in [2.45, 2.75) is 6.42 Å². The second kappa shape index (κ2) is 7.21. The zero-order valence-corrected chi connectivity index (χ0v) is 13.0. The molecule has 0 bridgehead atoms. The fourth-order valence-corrected chi connectivity index (χ4v) is 2.56. The van der Waals surface area contributed by atoms with E-state index >= 15 is 0 Å². The molecule has 2 aromatic rings. The summed E-state index contributed by atoms with van der Waals surface area (Å²) >= 11 is 4.60. The minimum Gasteiger partial charge on any atom is -0.326 e. The Balaban J connectivity index is 2.02. The van der Waals surface area contributed by atoms with E-state index in [0.717, 1.165) is 0 Å². The lowest BCUT2D eigenvalue weighted by molar-refractivity contribution is -0.115. The summed E-state index contributed by atoms with van der Waals surface area (Å²) in [5, 5.41) is 8.05. The topological polar surface area (TPSA) is 58.2 Å². The summed E-state index contributed by atoms with van der Waals surface area (Å²) in [6.45, 7) is 0. The number of alkyl halides is 1. The van der Waals surface area contributed by atoms with Crippen LogP contribution in [0.2, 0.25) is 0 Å². The Morgan fingerprint density at radius 3 is 2.50 bits per heavy atom. The van der Waals surface area contributed by atoms with Gasteiger partial charge in [0.25, 0.3) is 5.91 Å². The third kappa shape index (κ3) is 4.18. The Morgan fingerprint density at radius 2 is 1.85 bits per heavy atom. The van der Waals surface area contributed by atoms with Crippen LogP contribution in [0.3, 0.4) is 0 Å². The average molecular weight is 353 g/mol. The summed E-state index contributed by atoms with van der Waals surface area (Å²) < 4.78 is 0. The van der Waals surface area contributed by atoms with Crippen molar-refractivity contribution in [3.8, 4) is 0 Å². The number of hydrogen-bond donors (Lipinski definition) is 2. The zero-order chi connectivity index (χ0) is 14.4. The van der Waals surface area contributed by atoms with Gasteiger partial charge in [-0.2, -0.15) is 0 Å². The Kier molecular flexibility index (Phi) is 5.31. The highest BCUT2D eigenvalue weighted by Gasteiger charge is 2.07. The normalized spacial score (nSPS) is 10.1. The molecule has 4 nitrogen and oxygen atoms in total. The predicted molar refractivity (Wildman–Crippen MR) is 85.8 cm³/mol. The molecule has 104 valence electrons. The van der Waals surface area contributed by atoms with Crippen LogP contribution in [-0.4, -0.2) is 17.1 Å². The quantitative estimate of drug-likeness (QED) is 0.805. The Hall–Kier alpha value is -1.66. The van der Waals surface area contributed by atoms with E-state index in [1.54, 1.807) is 30.3 Å². The summed E-state index contributed by atoms with van der Waals surface area (Å²) in [5.74, 6) is -0.215. The van der Waals surface area contributed by atoms with E-state index in [0.29, 0.717) is 28.0 Å². The smallest absolute Gasteiger partial charge is 0.265 e. The molecule has 0 saturated heterocycles. The fourth-order valence-electron chi connectivity index (χ4n) is 1.58. The van der Waals surface area contributed by atoms with Gasteiger partial charge in [0, 0.05) is 23.1 Å². The van der Waals surface area contributed by atoms with Crippen molar-refractivity contribution < 1.29 is 9.59 Å². The van der Waals surface area contributed by atoms with E-state index in [1.165, 1.54) is 11.3 Å². The first-order valence-electron chi connectivity index (χ1n) is 6.00. The van der Waals surface area contributed by atoms with E-state index in [2.05, 4.69) is 26.6 Å². The van der Waals surface area contributed by atoms with E-state index in [-0.39, 0.29) is 11.8 Å². The maximum Gasteiger partial charge on any atom is 0.265 e. The molecular formula is C14H13BrN2O2S. The standard InChI is InChI=1S/C14H13BrN2O2S/c15-7-6-13(18)16-10-3-1-4-11(9-10)17-14(19)12-5-2-8-20-12/h1-5,8-9H,6-7H2,(H,16,18)(H,17,19). The van der Waals surface area contributed by atoms with Crippen molar-refractivity contribution in [2.75, 3.05) is 16.0 Å². The molecular weight excluding hydrogens is 340 g/mol. The van der Waals surface area contributed by atoms with Gasteiger partial charge in [-0.3, -0.25) is 9.59 Å². The number of halogens is 1. The van der Waals surface area contributed by atoms with Crippen LogP contribution in [0.15, 0.2) is 41.8 Å². The SMILES string of the molecule is O=C(CCBr)Nc1cccc(NC(=O)c2cccs2)c1. The molecule has 2 amide bonds. The van der Waals surface area contributed by atoms with Crippen LogP contribution in [0.25, 0.3) is 0 Å². The molecule has 20 heavy (non-hydrogen) atoms. The summed E-state index contributed by atoms with van der Waals surface area (Å²) in [4.78, 5) is 24.1. The van der Waals surface area contributed by atoms with Crippen LogP contribution in [0.4, 0.5) is 11.4 Å². The second-order valence-electron chi connectivity index (χ2n) is 4.00. The second-order valence-corrected chi connectivity index (χ2v) is 5.74. The molecule has 0 radical (unpaired) electrons. The van der Waals surface area contributed by atoms with E-state index in [1.807, 2.05) is 11.4 Å². The average Bonchev–Trinajstić information content (AvgIpc) is 2.93. The van der Waals surface area contributed by atoms with Gasteiger partial charge in [-0.25, -0.2) is 0 Å². The molecule has 1 aromatic heterocycles. The lowest BCUT2D eigenvalue weighted by Gasteiger charge is -2.07. The first-order valence-corrected chi connectivity index (χ1v) is 8.00. The van der Waals surface area contributed by atoms with Gasteiger partial charge < -0.3 is 10.6 Å². The number of carbonyl (C=O) groups is 2. The van der Waals surface area contributed by atoms with Crippen LogP contribution in [0.1, 0.15) is 16.1 Å². The van der Waals surface area contributed by atoms with Crippen molar-refractivity contribution >= 4 is 50.5 Å². The van der Waals surface area contributed by atoms with Gasteiger partial charge >= 0.3 is 0 Å². The molecule has 2 N–H and O–H groups in total. The van der Waals surface area contributed by atoms with Crippen LogP contribution >= 0.6 is 27.3 Å². The number of rotatable bonds is 5. The molecule has 0 aliphatic rings. The lowest BCUT2D eigenvalue weighted by atomic mass is 10.2. The molecule has 0 fully saturated rings. The van der Waals surface area contributed by atoms with Gasteiger partial charge in [0.15, 0.2) is 0 Å². The molecule has 2 rings (SSSR count). The molecule has 0 aliphatic carbocycles. The lowest BCUT2D eigenvalue weighted by Crippen LogP contribution is -2.13. The fraction of sp³-hybridized carbons (Fsp3) is 0.143. The highest BCUT2D eigenvalue weighted by atomic mass is 79.9. The first-order chi connectivity index (χ1) is 9.69. The van der Waals surface area contributed by atoms with Crippen molar-refractivity contribution in [3.63, 3.8) is 0 Å². The van der Waals surface area contributed by atoms with E-state index in [9.17, 15) is 9.59 Å². The summed E-state index contributed by atoms with van der Waals surface area (Å²) in [5.41, 5.74) is 1.32. The Labute approximate surface area is 129 Å².